The number of hydrogen-bond acceptors (Lipinski definition) is 5. The van der Waals surface area contributed by atoms with Crippen molar-refractivity contribution in [1.82, 2.24) is 16.0 Å². The number of halogens is 1. The lowest BCUT2D eigenvalue weighted by atomic mass is 10.2. The number of morpholine rings is 1. The SMILES string of the molecule is COc1ccc(CNC(=O)CNC(=O)CC2COCCN2)cc1.Cl. The van der Waals surface area contributed by atoms with Crippen molar-refractivity contribution in [3.8, 4) is 5.75 Å². The average Bonchev–Trinajstić information content (AvgIpc) is 2.59. The van der Waals surface area contributed by atoms with Gasteiger partial charge in [0.1, 0.15) is 5.75 Å². The first kappa shape index (κ1) is 20.2. The minimum Gasteiger partial charge on any atom is -0.497 e. The van der Waals surface area contributed by atoms with E-state index in [4.69, 9.17) is 9.47 Å². The first-order valence-corrected chi connectivity index (χ1v) is 7.65. The third kappa shape index (κ3) is 7.16. The van der Waals surface area contributed by atoms with Gasteiger partial charge in [-0.05, 0) is 17.7 Å². The van der Waals surface area contributed by atoms with Gasteiger partial charge in [-0.1, -0.05) is 12.1 Å². The van der Waals surface area contributed by atoms with Gasteiger partial charge in [0, 0.05) is 25.6 Å². The first-order valence-electron chi connectivity index (χ1n) is 7.65. The minimum absolute atomic E-state index is 0. The molecular weight excluding hydrogens is 334 g/mol. The molecule has 1 aliphatic rings. The summed E-state index contributed by atoms with van der Waals surface area (Å²) in [4.78, 5) is 23.5. The molecular formula is C16H24ClN3O4. The highest BCUT2D eigenvalue weighted by molar-refractivity contribution is 5.85. The second-order valence-electron chi connectivity index (χ2n) is 5.33. The van der Waals surface area contributed by atoms with E-state index in [-0.39, 0.29) is 36.8 Å². The molecule has 1 unspecified atom stereocenters. The van der Waals surface area contributed by atoms with E-state index >= 15 is 0 Å². The predicted octanol–water partition coefficient (Wildman–Crippen LogP) is 0.228. The molecule has 0 radical (unpaired) electrons. The molecule has 1 atom stereocenters. The minimum atomic E-state index is -0.220. The van der Waals surface area contributed by atoms with Crippen molar-refractivity contribution in [1.29, 1.82) is 0 Å². The van der Waals surface area contributed by atoms with Crippen molar-refractivity contribution in [2.45, 2.75) is 19.0 Å². The number of methoxy groups -OCH3 is 1. The van der Waals surface area contributed by atoms with Gasteiger partial charge in [0.15, 0.2) is 0 Å². The first-order chi connectivity index (χ1) is 11.2. The van der Waals surface area contributed by atoms with E-state index in [1.165, 1.54) is 0 Å². The molecule has 1 aromatic rings. The number of nitrogens with one attached hydrogen (secondary N) is 3. The highest BCUT2D eigenvalue weighted by Crippen LogP contribution is 2.10. The van der Waals surface area contributed by atoms with Gasteiger partial charge < -0.3 is 25.4 Å². The second-order valence-corrected chi connectivity index (χ2v) is 5.33. The lowest BCUT2D eigenvalue weighted by Gasteiger charge is -2.23. The molecule has 1 heterocycles. The standard InChI is InChI=1S/C16H23N3O4.ClH/c1-22-14-4-2-12(3-5-14)9-18-16(21)10-19-15(20)8-13-11-23-7-6-17-13;/h2-5,13,17H,6-11H2,1H3,(H,18,21)(H,19,20);1H. The largest absolute Gasteiger partial charge is 0.497 e. The monoisotopic (exact) mass is 357 g/mol. The van der Waals surface area contributed by atoms with E-state index in [1.807, 2.05) is 24.3 Å². The lowest BCUT2D eigenvalue weighted by Crippen LogP contribution is -2.45. The Labute approximate surface area is 147 Å². The van der Waals surface area contributed by atoms with Crippen molar-refractivity contribution in [2.24, 2.45) is 0 Å². The summed E-state index contributed by atoms with van der Waals surface area (Å²) in [5, 5.41) is 8.58. The molecule has 0 aliphatic carbocycles. The van der Waals surface area contributed by atoms with Crippen LogP contribution in [-0.2, 0) is 20.9 Å². The molecule has 3 N–H and O–H groups in total. The van der Waals surface area contributed by atoms with Crippen molar-refractivity contribution in [3.05, 3.63) is 29.8 Å². The third-order valence-corrected chi connectivity index (χ3v) is 3.53. The highest BCUT2D eigenvalue weighted by Gasteiger charge is 2.17. The van der Waals surface area contributed by atoms with E-state index in [1.54, 1.807) is 7.11 Å². The van der Waals surface area contributed by atoms with Crippen LogP contribution in [0.5, 0.6) is 5.75 Å². The molecule has 0 saturated carbocycles. The maximum Gasteiger partial charge on any atom is 0.239 e. The van der Waals surface area contributed by atoms with Crippen molar-refractivity contribution in [2.75, 3.05) is 33.4 Å². The number of benzene rings is 1. The van der Waals surface area contributed by atoms with Crippen molar-refractivity contribution < 1.29 is 19.1 Å². The average molecular weight is 358 g/mol. The van der Waals surface area contributed by atoms with Crippen LogP contribution in [0.25, 0.3) is 0 Å². The Morgan fingerprint density at radius 3 is 2.62 bits per heavy atom. The number of hydrogen-bond donors (Lipinski definition) is 3. The normalized spacial score (nSPS) is 16.6. The van der Waals surface area contributed by atoms with Crippen LogP contribution in [0.2, 0.25) is 0 Å². The number of rotatable bonds is 7. The highest BCUT2D eigenvalue weighted by atomic mass is 35.5. The molecule has 1 saturated heterocycles. The number of carbonyl (C=O) groups excluding carboxylic acids is 2. The van der Waals surface area contributed by atoms with Gasteiger partial charge >= 0.3 is 0 Å². The summed E-state index contributed by atoms with van der Waals surface area (Å²) in [6.45, 7) is 2.34. The summed E-state index contributed by atoms with van der Waals surface area (Å²) in [5.41, 5.74) is 0.967. The van der Waals surface area contributed by atoms with E-state index < -0.39 is 0 Å². The van der Waals surface area contributed by atoms with Crippen LogP contribution in [0, 0.1) is 0 Å². The molecule has 0 aromatic heterocycles. The van der Waals surface area contributed by atoms with Crippen LogP contribution in [-0.4, -0.2) is 51.3 Å². The van der Waals surface area contributed by atoms with E-state index in [2.05, 4.69) is 16.0 Å². The summed E-state index contributed by atoms with van der Waals surface area (Å²) in [5.74, 6) is 0.391. The fraction of sp³-hybridized carbons (Fsp3) is 0.500. The molecule has 1 aromatic carbocycles. The lowest BCUT2D eigenvalue weighted by molar-refractivity contribution is -0.126. The molecule has 24 heavy (non-hydrogen) atoms. The van der Waals surface area contributed by atoms with Gasteiger partial charge in [0.05, 0.1) is 26.9 Å². The fourth-order valence-electron chi connectivity index (χ4n) is 2.23. The maximum atomic E-state index is 11.8. The van der Waals surface area contributed by atoms with E-state index in [0.29, 0.717) is 26.2 Å². The molecule has 134 valence electrons. The number of amides is 2. The van der Waals surface area contributed by atoms with Crippen molar-refractivity contribution in [3.63, 3.8) is 0 Å². The Morgan fingerprint density at radius 2 is 2.00 bits per heavy atom. The Morgan fingerprint density at radius 1 is 1.25 bits per heavy atom. The van der Waals surface area contributed by atoms with E-state index in [0.717, 1.165) is 17.9 Å². The molecule has 8 heteroatoms. The zero-order valence-corrected chi connectivity index (χ0v) is 14.5. The van der Waals surface area contributed by atoms with Gasteiger partial charge in [-0.25, -0.2) is 0 Å². The number of carbonyl (C=O) groups is 2. The molecule has 0 spiro atoms. The van der Waals surface area contributed by atoms with Gasteiger partial charge in [-0.3, -0.25) is 9.59 Å². The van der Waals surface area contributed by atoms with Crippen LogP contribution >= 0.6 is 12.4 Å². The van der Waals surface area contributed by atoms with Gasteiger partial charge in [-0.2, -0.15) is 0 Å². The molecule has 1 aliphatic heterocycles. The smallest absolute Gasteiger partial charge is 0.239 e. The molecule has 0 bridgehead atoms. The molecule has 2 rings (SSSR count). The number of ether oxygens (including phenoxy) is 2. The van der Waals surface area contributed by atoms with E-state index in [9.17, 15) is 9.59 Å². The quantitative estimate of drug-likeness (QED) is 0.650. The molecule has 2 amide bonds. The fourth-order valence-corrected chi connectivity index (χ4v) is 2.23. The Bertz CT molecular complexity index is 519. The zero-order valence-electron chi connectivity index (χ0n) is 13.7. The maximum absolute atomic E-state index is 11.8. The third-order valence-electron chi connectivity index (χ3n) is 3.53. The van der Waals surface area contributed by atoms with Gasteiger partial charge in [0.2, 0.25) is 11.8 Å². The Balaban J connectivity index is 0.00000288. The van der Waals surface area contributed by atoms with Crippen LogP contribution in [0.15, 0.2) is 24.3 Å². The van der Waals surface area contributed by atoms with Gasteiger partial charge in [-0.15, -0.1) is 12.4 Å². The Hall–Kier alpha value is -1.83. The van der Waals surface area contributed by atoms with Crippen LogP contribution in [0.1, 0.15) is 12.0 Å². The second kappa shape index (κ2) is 10.9. The van der Waals surface area contributed by atoms with Crippen LogP contribution < -0.4 is 20.7 Å². The van der Waals surface area contributed by atoms with Crippen LogP contribution in [0.3, 0.4) is 0 Å². The summed E-state index contributed by atoms with van der Waals surface area (Å²) in [6.07, 6.45) is 0.311. The zero-order chi connectivity index (χ0) is 16.5. The van der Waals surface area contributed by atoms with Crippen LogP contribution in [0.4, 0.5) is 0 Å². The molecule has 1 fully saturated rings. The Kier molecular flexibility index (Phi) is 9.14. The summed E-state index contributed by atoms with van der Waals surface area (Å²) < 4.78 is 10.4. The topological polar surface area (TPSA) is 88.7 Å². The summed E-state index contributed by atoms with van der Waals surface area (Å²) in [6, 6.07) is 7.45. The predicted molar refractivity (Wildman–Crippen MR) is 92.3 cm³/mol. The summed E-state index contributed by atoms with van der Waals surface area (Å²) in [7, 11) is 1.61. The van der Waals surface area contributed by atoms with Crippen molar-refractivity contribution >= 4 is 24.2 Å². The molecule has 7 nitrogen and oxygen atoms in total. The van der Waals surface area contributed by atoms with Gasteiger partial charge in [0.25, 0.3) is 0 Å². The summed E-state index contributed by atoms with van der Waals surface area (Å²) >= 11 is 0.